The van der Waals surface area contributed by atoms with Crippen molar-refractivity contribution in [3.63, 3.8) is 0 Å². The van der Waals surface area contributed by atoms with Gasteiger partial charge in [0.2, 0.25) is 5.91 Å². The second-order valence-corrected chi connectivity index (χ2v) is 10.2. The van der Waals surface area contributed by atoms with Crippen molar-refractivity contribution in [3.05, 3.63) is 0 Å². The van der Waals surface area contributed by atoms with Gasteiger partial charge in [-0.2, -0.15) is 0 Å². The Morgan fingerprint density at radius 1 is 1.40 bits per heavy atom. The van der Waals surface area contributed by atoms with E-state index in [1.807, 2.05) is 6.92 Å². The Kier molecular flexibility index (Phi) is 5.70. The van der Waals surface area contributed by atoms with Gasteiger partial charge in [0.05, 0.1) is 17.3 Å². The minimum absolute atomic E-state index is 0.0551. The third kappa shape index (κ3) is 4.90. The van der Waals surface area contributed by atoms with Crippen molar-refractivity contribution in [2.24, 2.45) is 0 Å². The molecule has 1 aliphatic rings. The smallest absolute Gasteiger partial charge is 0.230 e. The molecule has 1 atom stereocenters. The number of carbonyl (C=O) groups is 1. The first-order chi connectivity index (χ1) is 9.48. The second kappa shape index (κ2) is 7.10. The van der Waals surface area contributed by atoms with Gasteiger partial charge >= 0.3 is 0 Å². The van der Waals surface area contributed by atoms with Crippen LogP contribution >= 0.6 is 34.9 Å². The zero-order valence-electron chi connectivity index (χ0n) is 10.9. The normalized spacial score (nSPS) is 20.9. The lowest BCUT2D eigenvalue weighted by atomic mass is 10.3. The summed E-state index contributed by atoms with van der Waals surface area (Å²) >= 11 is 4.42. The van der Waals surface area contributed by atoms with E-state index >= 15 is 0 Å². The lowest BCUT2D eigenvalue weighted by Crippen LogP contribution is -2.36. The fourth-order valence-corrected chi connectivity index (χ4v) is 6.14. The van der Waals surface area contributed by atoms with Crippen molar-refractivity contribution in [1.29, 1.82) is 0 Å². The summed E-state index contributed by atoms with van der Waals surface area (Å²) in [5.41, 5.74) is 0. The maximum absolute atomic E-state index is 11.7. The van der Waals surface area contributed by atoms with Crippen LogP contribution in [0.2, 0.25) is 0 Å². The predicted octanol–water partition coefficient (Wildman–Crippen LogP) is 1.05. The molecular weight excluding hydrogens is 338 g/mol. The maximum Gasteiger partial charge on any atom is 0.230 e. The van der Waals surface area contributed by atoms with Crippen molar-refractivity contribution < 1.29 is 13.2 Å². The molecule has 0 radical (unpaired) electrons. The van der Waals surface area contributed by atoms with Crippen LogP contribution in [0.25, 0.3) is 0 Å². The molecule has 20 heavy (non-hydrogen) atoms. The van der Waals surface area contributed by atoms with Crippen LogP contribution < -0.4 is 5.32 Å². The highest BCUT2D eigenvalue weighted by Gasteiger charge is 2.28. The average molecular weight is 354 g/mol. The molecule has 1 aliphatic heterocycles. The van der Waals surface area contributed by atoms with Crippen molar-refractivity contribution in [1.82, 2.24) is 15.5 Å². The first kappa shape index (κ1) is 16.1. The molecule has 112 valence electrons. The Morgan fingerprint density at radius 2 is 2.10 bits per heavy atom. The van der Waals surface area contributed by atoms with Crippen molar-refractivity contribution in [3.8, 4) is 0 Å². The van der Waals surface area contributed by atoms with E-state index in [1.165, 1.54) is 23.1 Å². The van der Waals surface area contributed by atoms with Crippen LogP contribution in [0, 0.1) is 0 Å². The van der Waals surface area contributed by atoms with Crippen LogP contribution in [-0.4, -0.2) is 53.6 Å². The number of amides is 1. The summed E-state index contributed by atoms with van der Waals surface area (Å²) in [4.78, 5) is 11.7. The quantitative estimate of drug-likeness (QED) is 0.765. The molecule has 0 aromatic carbocycles. The molecule has 0 unspecified atom stereocenters. The molecule has 0 spiro atoms. The Hall–Kier alpha value is -0.320. The number of aromatic nitrogens is 2. The Bertz CT molecular complexity index is 572. The van der Waals surface area contributed by atoms with E-state index in [0.29, 0.717) is 6.42 Å². The summed E-state index contributed by atoms with van der Waals surface area (Å²) in [5.74, 6) is 1.24. The monoisotopic (exact) mass is 353 g/mol. The summed E-state index contributed by atoms with van der Waals surface area (Å²) in [6, 6.07) is -0.242. The van der Waals surface area contributed by atoms with Gasteiger partial charge in [-0.05, 0) is 12.2 Å². The molecule has 0 bridgehead atoms. The fourth-order valence-electron chi connectivity index (χ4n) is 1.74. The number of thioether (sulfide) groups is 2. The number of carbonyl (C=O) groups excluding carboxylic acids is 1. The summed E-state index contributed by atoms with van der Waals surface area (Å²) in [6.07, 6.45) is 0.509. The number of sulfone groups is 1. The second-order valence-electron chi connectivity index (χ2n) is 4.22. The highest BCUT2D eigenvalue weighted by molar-refractivity contribution is 8.03. The Balaban J connectivity index is 1.74. The van der Waals surface area contributed by atoms with Crippen LogP contribution in [0.5, 0.6) is 0 Å². The zero-order valence-corrected chi connectivity index (χ0v) is 14.1. The van der Waals surface area contributed by atoms with Crippen LogP contribution in [0.15, 0.2) is 8.68 Å². The van der Waals surface area contributed by atoms with Gasteiger partial charge in [-0.25, -0.2) is 8.42 Å². The summed E-state index contributed by atoms with van der Waals surface area (Å²) in [5, 5.41) is 10.8. The molecule has 1 amide bonds. The van der Waals surface area contributed by atoms with Gasteiger partial charge in [-0.1, -0.05) is 41.8 Å². The van der Waals surface area contributed by atoms with Gasteiger partial charge in [-0.3, -0.25) is 4.79 Å². The van der Waals surface area contributed by atoms with Gasteiger partial charge in [0.25, 0.3) is 0 Å². The lowest BCUT2D eigenvalue weighted by Gasteiger charge is -2.09. The van der Waals surface area contributed by atoms with Gasteiger partial charge in [0.15, 0.2) is 18.5 Å². The van der Waals surface area contributed by atoms with E-state index in [-0.39, 0.29) is 29.2 Å². The SMILES string of the molecule is CCSc1nnc(SCC(=O)N[C@@H]2CCS(=O)(=O)C2)s1. The minimum atomic E-state index is -2.96. The first-order valence-electron chi connectivity index (χ1n) is 6.07. The molecule has 2 heterocycles. The molecule has 2 rings (SSSR count). The first-order valence-corrected chi connectivity index (χ1v) is 10.7. The third-order valence-electron chi connectivity index (χ3n) is 2.58. The van der Waals surface area contributed by atoms with Crippen molar-refractivity contribution >= 4 is 50.6 Å². The highest BCUT2D eigenvalue weighted by Crippen LogP contribution is 2.28. The Labute approximate surface area is 130 Å². The molecule has 0 saturated carbocycles. The van der Waals surface area contributed by atoms with E-state index in [2.05, 4.69) is 15.5 Å². The third-order valence-corrected chi connectivity index (χ3v) is 7.42. The fraction of sp³-hybridized carbons (Fsp3) is 0.700. The van der Waals surface area contributed by atoms with Crippen molar-refractivity contribution in [2.75, 3.05) is 23.0 Å². The van der Waals surface area contributed by atoms with E-state index in [4.69, 9.17) is 0 Å². The lowest BCUT2D eigenvalue weighted by molar-refractivity contribution is -0.119. The predicted molar refractivity (Wildman–Crippen MR) is 82.2 cm³/mol. The molecule has 6 nitrogen and oxygen atoms in total. The molecule has 1 saturated heterocycles. The van der Waals surface area contributed by atoms with Gasteiger partial charge in [-0.15, -0.1) is 10.2 Å². The standard InChI is InChI=1S/C10H15N3O3S4/c1-2-17-9-12-13-10(19-9)18-5-8(14)11-7-3-4-20(15,16)6-7/h7H,2-6H2,1H3,(H,11,14)/t7-/m1/s1. The number of hydrogen-bond donors (Lipinski definition) is 1. The van der Waals surface area contributed by atoms with Gasteiger partial charge < -0.3 is 5.32 Å². The molecule has 1 fully saturated rings. The molecular formula is C10H15N3O3S4. The van der Waals surface area contributed by atoms with Crippen molar-refractivity contribution in [2.45, 2.75) is 28.1 Å². The minimum Gasteiger partial charge on any atom is -0.352 e. The van der Waals surface area contributed by atoms with E-state index < -0.39 is 9.84 Å². The Morgan fingerprint density at radius 3 is 2.70 bits per heavy atom. The number of nitrogens with zero attached hydrogens (tertiary/aromatic N) is 2. The summed E-state index contributed by atoms with van der Waals surface area (Å²) < 4.78 is 24.2. The molecule has 1 aromatic heterocycles. The maximum atomic E-state index is 11.7. The summed E-state index contributed by atoms with van der Waals surface area (Å²) in [6.45, 7) is 2.04. The molecule has 1 N–H and O–H groups in total. The molecule has 10 heteroatoms. The largest absolute Gasteiger partial charge is 0.352 e. The average Bonchev–Trinajstić information content (AvgIpc) is 2.94. The van der Waals surface area contributed by atoms with Crippen LogP contribution in [0.4, 0.5) is 0 Å². The number of hydrogen-bond acceptors (Lipinski definition) is 8. The van der Waals surface area contributed by atoms with Gasteiger partial charge in [0.1, 0.15) is 0 Å². The van der Waals surface area contributed by atoms with Crippen LogP contribution in [-0.2, 0) is 14.6 Å². The molecule has 0 aliphatic carbocycles. The highest BCUT2D eigenvalue weighted by atomic mass is 32.2. The number of rotatable bonds is 6. The van der Waals surface area contributed by atoms with Gasteiger partial charge in [0, 0.05) is 6.04 Å². The summed E-state index contributed by atoms with van der Waals surface area (Å²) in [7, 11) is -2.96. The van der Waals surface area contributed by atoms with Crippen LogP contribution in [0.1, 0.15) is 13.3 Å². The zero-order chi connectivity index (χ0) is 14.6. The van der Waals surface area contributed by atoms with E-state index in [1.54, 1.807) is 11.8 Å². The van der Waals surface area contributed by atoms with E-state index in [9.17, 15) is 13.2 Å². The topological polar surface area (TPSA) is 89.0 Å². The van der Waals surface area contributed by atoms with E-state index in [0.717, 1.165) is 14.4 Å². The molecule has 1 aromatic rings. The number of nitrogens with one attached hydrogen (secondary N) is 1. The van der Waals surface area contributed by atoms with Crippen LogP contribution in [0.3, 0.4) is 0 Å².